The molecule has 132 valence electrons. The molecule has 0 radical (unpaired) electrons. The number of nitrogens with zero attached hydrogens (tertiary/aromatic N) is 3. The third kappa shape index (κ3) is 3.06. The molecule has 1 N–H and O–H groups in total. The van der Waals surface area contributed by atoms with E-state index in [-0.39, 0.29) is 17.5 Å². The van der Waals surface area contributed by atoms with Crippen LogP contribution in [0.15, 0.2) is 54.9 Å². The number of carbonyl (C=O) groups excluding carboxylic acids is 1. The quantitative estimate of drug-likeness (QED) is 0.788. The summed E-state index contributed by atoms with van der Waals surface area (Å²) in [6.45, 7) is 1.27. The molecule has 0 saturated carbocycles. The maximum atomic E-state index is 12.8. The molecule has 1 fully saturated rings. The number of benzene rings is 2. The highest BCUT2D eigenvalue weighted by molar-refractivity contribution is 5.98. The fraction of sp³-hybridized carbons (Fsp3) is 0.250. The van der Waals surface area contributed by atoms with E-state index in [1.54, 1.807) is 10.9 Å². The lowest BCUT2D eigenvalue weighted by Gasteiger charge is -2.32. The van der Waals surface area contributed by atoms with E-state index in [9.17, 15) is 9.59 Å². The van der Waals surface area contributed by atoms with Crippen LogP contribution in [0.25, 0.3) is 10.8 Å². The van der Waals surface area contributed by atoms with Gasteiger partial charge in [0.05, 0.1) is 17.8 Å². The number of aromatic nitrogens is 2. The summed E-state index contributed by atoms with van der Waals surface area (Å²) in [6.07, 6.45) is 4.46. The number of piperidine rings is 1. The van der Waals surface area contributed by atoms with Crippen molar-refractivity contribution in [2.24, 2.45) is 0 Å². The minimum absolute atomic E-state index is 0.0425. The number of hydrogen-bond acceptors (Lipinski definition) is 3. The molecule has 0 unspecified atom stereocenters. The molecule has 1 aliphatic rings. The van der Waals surface area contributed by atoms with Crippen LogP contribution in [0, 0.1) is 0 Å². The van der Waals surface area contributed by atoms with Crippen molar-refractivity contribution in [1.82, 2.24) is 14.7 Å². The zero-order valence-corrected chi connectivity index (χ0v) is 14.2. The number of aromatic carboxylic acids is 1. The molecule has 1 aliphatic heterocycles. The minimum Gasteiger partial charge on any atom is -0.478 e. The summed E-state index contributed by atoms with van der Waals surface area (Å²) >= 11 is 0. The van der Waals surface area contributed by atoms with Crippen LogP contribution in [0.5, 0.6) is 0 Å². The second kappa shape index (κ2) is 6.63. The molecule has 1 saturated heterocycles. The van der Waals surface area contributed by atoms with Gasteiger partial charge in [-0.3, -0.25) is 9.48 Å². The van der Waals surface area contributed by atoms with Crippen LogP contribution in [-0.2, 0) is 0 Å². The van der Waals surface area contributed by atoms with E-state index in [2.05, 4.69) is 5.10 Å². The van der Waals surface area contributed by atoms with Crippen LogP contribution in [0.1, 0.15) is 39.6 Å². The van der Waals surface area contributed by atoms with Crippen molar-refractivity contribution in [1.29, 1.82) is 0 Å². The Bertz CT molecular complexity index is 971. The van der Waals surface area contributed by atoms with Crippen LogP contribution in [0.3, 0.4) is 0 Å². The highest BCUT2D eigenvalue weighted by atomic mass is 16.4. The number of likely N-dealkylation sites (tertiary alicyclic amines) is 1. The lowest BCUT2D eigenvalue weighted by atomic mass is 10.0. The molecule has 1 amide bonds. The van der Waals surface area contributed by atoms with Crippen molar-refractivity contribution < 1.29 is 14.7 Å². The molecule has 0 spiro atoms. The Kier molecular flexibility index (Phi) is 4.16. The molecule has 0 aliphatic carbocycles. The Balaban J connectivity index is 1.44. The zero-order chi connectivity index (χ0) is 18.1. The Morgan fingerprint density at radius 1 is 1.00 bits per heavy atom. The summed E-state index contributed by atoms with van der Waals surface area (Å²) in [6, 6.07) is 13.9. The molecule has 6 nitrogen and oxygen atoms in total. The van der Waals surface area contributed by atoms with Gasteiger partial charge >= 0.3 is 5.97 Å². The molecule has 26 heavy (non-hydrogen) atoms. The lowest BCUT2D eigenvalue weighted by Crippen LogP contribution is -2.39. The molecule has 4 rings (SSSR count). The van der Waals surface area contributed by atoms with Gasteiger partial charge in [0.2, 0.25) is 0 Å². The number of carboxylic acid groups (broad SMARTS) is 1. The third-order valence-electron chi connectivity index (χ3n) is 4.97. The highest BCUT2D eigenvalue weighted by Crippen LogP contribution is 2.24. The van der Waals surface area contributed by atoms with Crippen LogP contribution in [0.2, 0.25) is 0 Å². The Morgan fingerprint density at radius 3 is 2.42 bits per heavy atom. The van der Waals surface area contributed by atoms with Crippen LogP contribution >= 0.6 is 0 Å². The van der Waals surface area contributed by atoms with Crippen molar-refractivity contribution >= 4 is 22.6 Å². The molecule has 1 aromatic heterocycles. The van der Waals surface area contributed by atoms with E-state index in [0.29, 0.717) is 18.7 Å². The molecule has 2 heterocycles. The van der Waals surface area contributed by atoms with E-state index < -0.39 is 5.97 Å². The van der Waals surface area contributed by atoms with Gasteiger partial charge in [0, 0.05) is 24.8 Å². The first-order valence-corrected chi connectivity index (χ1v) is 8.67. The Hall–Kier alpha value is -3.15. The predicted octanol–water partition coefficient (Wildman–Crippen LogP) is 3.21. The molecule has 0 bridgehead atoms. The summed E-state index contributed by atoms with van der Waals surface area (Å²) in [5, 5.41) is 15.3. The second-order valence-corrected chi connectivity index (χ2v) is 6.60. The third-order valence-corrected chi connectivity index (χ3v) is 4.97. The first-order valence-electron chi connectivity index (χ1n) is 8.67. The number of amides is 1. The van der Waals surface area contributed by atoms with E-state index in [4.69, 9.17) is 5.11 Å². The van der Waals surface area contributed by atoms with Crippen molar-refractivity contribution in [2.45, 2.75) is 18.9 Å². The SMILES string of the molecule is O=C(O)c1cnn(C2CCN(C(=O)c3ccc4ccccc4c3)CC2)c1. The zero-order valence-electron chi connectivity index (χ0n) is 14.2. The van der Waals surface area contributed by atoms with E-state index in [0.717, 1.165) is 23.6 Å². The van der Waals surface area contributed by atoms with Gasteiger partial charge in [-0.2, -0.15) is 5.10 Å². The summed E-state index contributed by atoms with van der Waals surface area (Å²) in [5.74, 6) is -0.930. The molecule has 2 aromatic carbocycles. The monoisotopic (exact) mass is 349 g/mol. The van der Waals surface area contributed by atoms with Gasteiger partial charge in [-0.1, -0.05) is 30.3 Å². The molecule has 3 aromatic rings. The standard InChI is InChI=1S/C20H19N3O3/c24-19(16-6-5-14-3-1-2-4-15(14)11-16)22-9-7-18(8-10-22)23-13-17(12-21-23)20(25)26/h1-6,11-13,18H,7-10H2,(H,25,26). The van der Waals surface area contributed by atoms with E-state index >= 15 is 0 Å². The molecule has 0 atom stereocenters. The van der Waals surface area contributed by atoms with Gasteiger partial charge in [0.25, 0.3) is 5.91 Å². The van der Waals surface area contributed by atoms with Crippen molar-refractivity contribution in [3.05, 3.63) is 66.0 Å². The van der Waals surface area contributed by atoms with Crippen LogP contribution in [0.4, 0.5) is 0 Å². The maximum Gasteiger partial charge on any atom is 0.338 e. The highest BCUT2D eigenvalue weighted by Gasteiger charge is 2.25. The number of fused-ring (bicyclic) bond motifs is 1. The van der Waals surface area contributed by atoms with Crippen molar-refractivity contribution in [2.75, 3.05) is 13.1 Å². The fourth-order valence-corrected chi connectivity index (χ4v) is 3.49. The topological polar surface area (TPSA) is 75.4 Å². The number of carbonyl (C=O) groups is 2. The predicted molar refractivity (Wildman–Crippen MR) is 97.3 cm³/mol. The fourth-order valence-electron chi connectivity index (χ4n) is 3.49. The average molecular weight is 349 g/mol. The van der Waals surface area contributed by atoms with Crippen LogP contribution in [-0.4, -0.2) is 44.8 Å². The maximum absolute atomic E-state index is 12.8. The molecular formula is C20H19N3O3. The van der Waals surface area contributed by atoms with Gasteiger partial charge in [-0.25, -0.2) is 4.79 Å². The summed E-state index contributed by atoms with van der Waals surface area (Å²) in [7, 11) is 0. The van der Waals surface area contributed by atoms with Crippen molar-refractivity contribution in [3.8, 4) is 0 Å². The Morgan fingerprint density at radius 2 is 1.73 bits per heavy atom. The van der Waals surface area contributed by atoms with E-state index in [1.165, 1.54) is 6.20 Å². The van der Waals surface area contributed by atoms with Gasteiger partial charge in [0.15, 0.2) is 0 Å². The first kappa shape index (κ1) is 16.3. The average Bonchev–Trinajstić information content (AvgIpc) is 3.18. The van der Waals surface area contributed by atoms with Gasteiger partial charge in [-0.05, 0) is 35.7 Å². The molecular weight excluding hydrogens is 330 g/mol. The smallest absolute Gasteiger partial charge is 0.338 e. The minimum atomic E-state index is -0.972. The second-order valence-electron chi connectivity index (χ2n) is 6.60. The molecule has 6 heteroatoms. The van der Waals surface area contributed by atoms with E-state index in [1.807, 2.05) is 47.4 Å². The van der Waals surface area contributed by atoms with Crippen molar-refractivity contribution in [3.63, 3.8) is 0 Å². The summed E-state index contributed by atoms with van der Waals surface area (Å²) < 4.78 is 1.71. The lowest BCUT2D eigenvalue weighted by molar-refractivity contribution is 0.0688. The van der Waals surface area contributed by atoms with Gasteiger partial charge < -0.3 is 10.0 Å². The first-order chi connectivity index (χ1) is 12.6. The number of carboxylic acids is 1. The largest absolute Gasteiger partial charge is 0.478 e. The summed E-state index contributed by atoms with van der Waals surface area (Å²) in [5.41, 5.74) is 0.897. The van der Waals surface area contributed by atoms with Gasteiger partial charge in [-0.15, -0.1) is 0 Å². The summed E-state index contributed by atoms with van der Waals surface area (Å²) in [4.78, 5) is 25.7. The van der Waals surface area contributed by atoms with Crippen LogP contribution < -0.4 is 0 Å². The van der Waals surface area contributed by atoms with Gasteiger partial charge in [0.1, 0.15) is 0 Å². The normalized spacial score (nSPS) is 15.3. The number of rotatable bonds is 3. The number of hydrogen-bond donors (Lipinski definition) is 1. The Labute approximate surface area is 150 Å².